The molecular formula is C10H25N3+2. The smallest absolute Gasteiger partial charge is 0.238 e. The summed E-state index contributed by atoms with van der Waals surface area (Å²) in [5, 5.41) is 5.42. The molecule has 0 fully saturated rings. The SMILES string of the molecule is CCC(C[NH3+])CC(C)CCC(N)=[NH2+]. The molecule has 13 heavy (non-hydrogen) atoms. The summed E-state index contributed by atoms with van der Waals surface area (Å²) in [7, 11) is 0. The van der Waals surface area contributed by atoms with Gasteiger partial charge in [-0.3, -0.25) is 11.1 Å². The van der Waals surface area contributed by atoms with E-state index in [9.17, 15) is 0 Å². The van der Waals surface area contributed by atoms with Crippen molar-refractivity contribution in [1.29, 1.82) is 0 Å². The van der Waals surface area contributed by atoms with Crippen LogP contribution in [0.25, 0.3) is 0 Å². The summed E-state index contributed by atoms with van der Waals surface area (Å²) in [6.07, 6.45) is 4.45. The third kappa shape index (κ3) is 6.58. The lowest BCUT2D eigenvalue weighted by Gasteiger charge is -2.15. The molecule has 78 valence electrons. The maximum Gasteiger partial charge on any atom is 0.238 e. The number of rotatable bonds is 7. The first-order chi connectivity index (χ1) is 6.10. The monoisotopic (exact) mass is 187 g/mol. The number of amidine groups is 1. The first-order valence-electron chi connectivity index (χ1n) is 5.26. The van der Waals surface area contributed by atoms with Gasteiger partial charge in [-0.15, -0.1) is 0 Å². The van der Waals surface area contributed by atoms with Gasteiger partial charge in [0.2, 0.25) is 5.84 Å². The van der Waals surface area contributed by atoms with E-state index in [4.69, 9.17) is 11.1 Å². The van der Waals surface area contributed by atoms with Gasteiger partial charge in [0, 0.05) is 12.3 Å². The molecule has 7 N–H and O–H groups in total. The van der Waals surface area contributed by atoms with Gasteiger partial charge in [-0.2, -0.15) is 0 Å². The van der Waals surface area contributed by atoms with Gasteiger partial charge in [-0.25, -0.2) is 0 Å². The molecule has 0 heterocycles. The fraction of sp³-hybridized carbons (Fsp3) is 0.900. The normalized spacial score (nSPS) is 15.3. The van der Waals surface area contributed by atoms with Crippen molar-refractivity contribution in [2.45, 2.75) is 39.5 Å². The molecule has 0 amide bonds. The Morgan fingerprint density at radius 1 is 1.54 bits per heavy atom. The molecule has 0 saturated carbocycles. The van der Waals surface area contributed by atoms with Crippen LogP contribution in [0.3, 0.4) is 0 Å². The topological polar surface area (TPSA) is 79.2 Å². The highest BCUT2D eigenvalue weighted by atomic mass is 14.7. The zero-order chi connectivity index (χ0) is 10.3. The Labute approximate surface area is 81.4 Å². The molecule has 0 saturated heterocycles. The fourth-order valence-electron chi connectivity index (χ4n) is 1.59. The molecule has 2 unspecified atom stereocenters. The summed E-state index contributed by atoms with van der Waals surface area (Å²) in [5.74, 6) is 2.05. The molecule has 0 aromatic carbocycles. The van der Waals surface area contributed by atoms with Gasteiger partial charge >= 0.3 is 0 Å². The third-order valence-electron chi connectivity index (χ3n) is 2.65. The highest BCUT2D eigenvalue weighted by Crippen LogP contribution is 2.17. The van der Waals surface area contributed by atoms with Crippen molar-refractivity contribution < 1.29 is 11.1 Å². The molecular weight excluding hydrogens is 162 g/mol. The first kappa shape index (κ1) is 12.4. The first-order valence-corrected chi connectivity index (χ1v) is 5.26. The van der Waals surface area contributed by atoms with Crippen LogP contribution in [0.1, 0.15) is 39.5 Å². The Balaban J connectivity index is 3.59. The zero-order valence-corrected chi connectivity index (χ0v) is 9.05. The molecule has 0 spiro atoms. The second kappa shape index (κ2) is 6.89. The largest absolute Gasteiger partial charge is 0.357 e. The molecule has 2 atom stereocenters. The lowest BCUT2D eigenvalue weighted by atomic mass is 9.91. The predicted octanol–water partition coefficient (Wildman–Crippen LogP) is -0.823. The van der Waals surface area contributed by atoms with Gasteiger partial charge in [0.1, 0.15) is 0 Å². The highest BCUT2D eigenvalue weighted by molar-refractivity contribution is 5.73. The molecule has 3 heteroatoms. The highest BCUT2D eigenvalue weighted by Gasteiger charge is 2.12. The van der Waals surface area contributed by atoms with Crippen LogP contribution in [0.4, 0.5) is 0 Å². The van der Waals surface area contributed by atoms with Crippen LogP contribution in [-0.2, 0) is 0 Å². The van der Waals surface area contributed by atoms with Crippen LogP contribution in [0.5, 0.6) is 0 Å². The number of nitrogens with two attached hydrogens (primary N) is 2. The van der Waals surface area contributed by atoms with E-state index >= 15 is 0 Å². The lowest BCUT2D eigenvalue weighted by molar-refractivity contribution is -0.380. The van der Waals surface area contributed by atoms with Crippen LogP contribution in [0.2, 0.25) is 0 Å². The summed E-state index contributed by atoms with van der Waals surface area (Å²) in [5.41, 5.74) is 9.37. The fourth-order valence-corrected chi connectivity index (χ4v) is 1.59. The minimum Gasteiger partial charge on any atom is -0.357 e. The Kier molecular flexibility index (Phi) is 6.59. The molecule has 0 aliphatic heterocycles. The van der Waals surface area contributed by atoms with Crippen molar-refractivity contribution in [3.05, 3.63) is 0 Å². The zero-order valence-electron chi connectivity index (χ0n) is 9.05. The molecule has 0 aromatic heterocycles. The summed E-state index contributed by atoms with van der Waals surface area (Å²) in [6.45, 7) is 5.54. The lowest BCUT2D eigenvalue weighted by Crippen LogP contribution is -2.53. The van der Waals surface area contributed by atoms with E-state index in [1.165, 1.54) is 12.8 Å². The second-order valence-electron chi connectivity index (χ2n) is 4.02. The molecule has 0 bridgehead atoms. The molecule has 0 radical (unpaired) electrons. The van der Waals surface area contributed by atoms with E-state index in [0.717, 1.165) is 25.3 Å². The van der Waals surface area contributed by atoms with Gasteiger partial charge in [0.15, 0.2) is 0 Å². The van der Waals surface area contributed by atoms with Crippen molar-refractivity contribution in [2.75, 3.05) is 6.54 Å². The Hall–Kier alpha value is -0.570. The van der Waals surface area contributed by atoms with Crippen molar-refractivity contribution in [1.82, 2.24) is 0 Å². The van der Waals surface area contributed by atoms with Crippen molar-refractivity contribution in [3.8, 4) is 0 Å². The third-order valence-corrected chi connectivity index (χ3v) is 2.65. The average molecular weight is 187 g/mol. The average Bonchev–Trinajstić information content (AvgIpc) is 2.10. The second-order valence-corrected chi connectivity index (χ2v) is 4.02. The summed E-state index contributed by atoms with van der Waals surface area (Å²) < 4.78 is 0. The summed E-state index contributed by atoms with van der Waals surface area (Å²) in [4.78, 5) is 0. The van der Waals surface area contributed by atoms with Gasteiger partial charge in [-0.05, 0) is 25.2 Å². The van der Waals surface area contributed by atoms with E-state index < -0.39 is 0 Å². The summed E-state index contributed by atoms with van der Waals surface area (Å²) >= 11 is 0. The van der Waals surface area contributed by atoms with Crippen LogP contribution in [0, 0.1) is 11.8 Å². The van der Waals surface area contributed by atoms with Crippen molar-refractivity contribution in [2.24, 2.45) is 17.6 Å². The predicted molar refractivity (Wildman–Crippen MR) is 55.7 cm³/mol. The van der Waals surface area contributed by atoms with Crippen molar-refractivity contribution >= 4 is 5.84 Å². The molecule has 3 nitrogen and oxygen atoms in total. The van der Waals surface area contributed by atoms with Crippen LogP contribution < -0.4 is 16.9 Å². The maximum atomic E-state index is 5.42. The standard InChI is InChI=1S/C10H23N3/c1-3-9(7-11)6-8(2)4-5-10(12)13/h8-9H,3-7,11H2,1-2H3,(H3,12,13)/p+2. The number of quaternary nitrogens is 1. The van der Waals surface area contributed by atoms with E-state index in [-0.39, 0.29) is 0 Å². The molecule has 0 aromatic rings. The minimum absolute atomic E-state index is 0.564. The number of hydrogen-bond donors (Lipinski definition) is 3. The van der Waals surface area contributed by atoms with E-state index in [1.54, 1.807) is 0 Å². The van der Waals surface area contributed by atoms with Gasteiger partial charge in [0.25, 0.3) is 0 Å². The maximum absolute atomic E-state index is 5.42. The Morgan fingerprint density at radius 2 is 2.15 bits per heavy atom. The molecule has 0 aliphatic carbocycles. The molecule has 0 rings (SSSR count). The van der Waals surface area contributed by atoms with Crippen LogP contribution in [0.15, 0.2) is 0 Å². The van der Waals surface area contributed by atoms with E-state index in [1.807, 2.05) is 0 Å². The van der Waals surface area contributed by atoms with Crippen molar-refractivity contribution in [3.63, 3.8) is 0 Å². The number of hydrogen-bond acceptors (Lipinski definition) is 0. The van der Waals surface area contributed by atoms with Crippen LogP contribution in [-0.4, -0.2) is 12.4 Å². The quantitative estimate of drug-likeness (QED) is 0.353. The van der Waals surface area contributed by atoms with Gasteiger partial charge in [-0.1, -0.05) is 13.8 Å². The van der Waals surface area contributed by atoms with E-state index in [0.29, 0.717) is 11.8 Å². The minimum atomic E-state index is 0.564. The van der Waals surface area contributed by atoms with Crippen LogP contribution >= 0.6 is 0 Å². The van der Waals surface area contributed by atoms with Gasteiger partial charge in [0.05, 0.1) is 6.54 Å². The molecule has 0 aliphatic rings. The van der Waals surface area contributed by atoms with E-state index in [2.05, 4.69) is 19.6 Å². The Bertz CT molecular complexity index is 141. The van der Waals surface area contributed by atoms with Gasteiger partial charge < -0.3 is 5.73 Å². The summed E-state index contributed by atoms with van der Waals surface area (Å²) in [6, 6.07) is 0. The Morgan fingerprint density at radius 3 is 2.54 bits per heavy atom.